The van der Waals surface area contributed by atoms with Gasteiger partial charge in [0.15, 0.2) is 0 Å². The van der Waals surface area contributed by atoms with Crippen LogP contribution in [0.4, 0.5) is 5.00 Å². The Balaban J connectivity index is 1.50. The average Bonchev–Trinajstić information content (AvgIpc) is 3.39. The lowest BCUT2D eigenvalue weighted by molar-refractivity contribution is 0.531. The molecule has 1 aliphatic carbocycles. The summed E-state index contributed by atoms with van der Waals surface area (Å²) in [6, 6.07) is 18.6. The van der Waals surface area contributed by atoms with Crippen LogP contribution in [0.25, 0.3) is 17.8 Å². The van der Waals surface area contributed by atoms with Crippen molar-refractivity contribution in [3.05, 3.63) is 104 Å². The second-order valence-electron chi connectivity index (χ2n) is 10.2. The van der Waals surface area contributed by atoms with Crippen molar-refractivity contribution in [3.8, 4) is 11.8 Å². The van der Waals surface area contributed by atoms with Gasteiger partial charge in [0, 0.05) is 21.4 Å². The molecule has 0 saturated heterocycles. The van der Waals surface area contributed by atoms with Crippen molar-refractivity contribution in [2.75, 3.05) is 4.72 Å². The summed E-state index contributed by atoms with van der Waals surface area (Å²) in [5, 5.41) is 15.5. The number of nitriles is 1. The van der Waals surface area contributed by atoms with Gasteiger partial charge in [-0.25, -0.2) is 13.1 Å². The highest BCUT2D eigenvalue weighted by molar-refractivity contribution is 7.93. The van der Waals surface area contributed by atoms with Gasteiger partial charge in [-0.1, -0.05) is 67.4 Å². The lowest BCUT2D eigenvalue weighted by Gasteiger charge is -2.29. The van der Waals surface area contributed by atoms with Crippen LogP contribution in [0.3, 0.4) is 0 Å². The fourth-order valence-electron chi connectivity index (χ4n) is 4.73. The van der Waals surface area contributed by atoms with E-state index >= 15 is 0 Å². The highest BCUT2D eigenvalue weighted by Crippen LogP contribution is 2.48. The van der Waals surface area contributed by atoms with Crippen LogP contribution in [0.15, 0.2) is 71.1 Å². The van der Waals surface area contributed by atoms with Gasteiger partial charge in [-0.2, -0.15) is 10.4 Å². The summed E-state index contributed by atoms with van der Waals surface area (Å²) in [5.74, 6) is 0. The molecule has 0 fully saturated rings. The Hall–Kier alpha value is -3.64. The zero-order chi connectivity index (χ0) is 27.9. The third-order valence-electron chi connectivity index (χ3n) is 6.72. The molecule has 0 atom stereocenters. The molecule has 0 bridgehead atoms. The largest absolute Gasteiger partial charge is 0.269 e. The van der Waals surface area contributed by atoms with Gasteiger partial charge in [-0.3, -0.25) is 4.72 Å². The summed E-state index contributed by atoms with van der Waals surface area (Å²) >= 11 is 8.04. The molecule has 1 aliphatic rings. The van der Waals surface area contributed by atoms with Crippen LogP contribution < -0.4 is 4.72 Å². The summed E-state index contributed by atoms with van der Waals surface area (Å²) in [4.78, 5) is 1.13. The number of nitrogens with zero attached hydrogens (tertiary/aromatic N) is 3. The number of aryl methyl sites for hydroxylation is 2. The van der Waals surface area contributed by atoms with E-state index in [9.17, 15) is 13.7 Å². The molecule has 39 heavy (non-hydrogen) atoms. The Morgan fingerprint density at radius 2 is 1.79 bits per heavy atom. The van der Waals surface area contributed by atoms with Crippen LogP contribution in [-0.4, -0.2) is 18.2 Å². The summed E-state index contributed by atoms with van der Waals surface area (Å²) in [7, 11) is -3.84. The number of nitrogens with one attached hydrogen (secondary N) is 1. The molecule has 2 heterocycles. The van der Waals surface area contributed by atoms with Gasteiger partial charge in [-0.05, 0) is 62.3 Å². The lowest BCUT2D eigenvalue weighted by Crippen LogP contribution is -2.20. The van der Waals surface area contributed by atoms with Crippen molar-refractivity contribution in [3.63, 3.8) is 0 Å². The number of fused-ring (bicyclic) bond motifs is 1. The number of sulfonamides is 1. The molecule has 0 amide bonds. The number of benzene rings is 2. The van der Waals surface area contributed by atoms with Crippen LogP contribution in [0, 0.1) is 25.2 Å². The molecule has 0 aliphatic heterocycles. The summed E-state index contributed by atoms with van der Waals surface area (Å²) in [6.45, 7) is 8.03. The first-order valence-electron chi connectivity index (χ1n) is 12.4. The van der Waals surface area contributed by atoms with Gasteiger partial charge < -0.3 is 0 Å². The molecule has 0 saturated carbocycles. The predicted molar refractivity (Wildman–Crippen MR) is 159 cm³/mol. The minimum Gasteiger partial charge on any atom is -0.269 e. The van der Waals surface area contributed by atoms with Gasteiger partial charge in [0.1, 0.15) is 16.2 Å². The molecule has 198 valence electrons. The third-order valence-corrected chi connectivity index (χ3v) is 10.1. The molecule has 2 aromatic carbocycles. The van der Waals surface area contributed by atoms with E-state index in [4.69, 9.17) is 11.6 Å². The average molecular weight is 575 g/mol. The molecule has 6 nitrogen and oxygen atoms in total. The monoisotopic (exact) mass is 574 g/mol. The number of hydrogen-bond donors (Lipinski definition) is 1. The Morgan fingerprint density at radius 1 is 1.10 bits per heavy atom. The van der Waals surface area contributed by atoms with E-state index in [1.54, 1.807) is 28.9 Å². The predicted octanol–water partition coefficient (Wildman–Crippen LogP) is 7.65. The Morgan fingerprint density at radius 3 is 2.46 bits per heavy atom. The van der Waals surface area contributed by atoms with E-state index < -0.39 is 10.0 Å². The van der Waals surface area contributed by atoms with E-state index in [1.165, 1.54) is 11.3 Å². The van der Waals surface area contributed by atoms with Crippen molar-refractivity contribution in [1.29, 1.82) is 5.26 Å². The second kappa shape index (κ2) is 10.2. The van der Waals surface area contributed by atoms with Gasteiger partial charge in [0.25, 0.3) is 10.0 Å². The van der Waals surface area contributed by atoms with Crippen LogP contribution in [0.1, 0.15) is 53.1 Å². The number of para-hydroxylation sites is 1. The molecule has 2 aromatic heterocycles. The maximum absolute atomic E-state index is 13.1. The molecule has 4 aromatic rings. The van der Waals surface area contributed by atoms with Crippen molar-refractivity contribution >= 4 is 50.1 Å². The molecule has 9 heteroatoms. The van der Waals surface area contributed by atoms with E-state index in [-0.39, 0.29) is 10.3 Å². The topological polar surface area (TPSA) is 87.8 Å². The number of aromatic nitrogens is 2. The van der Waals surface area contributed by atoms with E-state index in [0.717, 1.165) is 44.9 Å². The Bertz CT molecular complexity index is 1770. The molecule has 5 rings (SSSR count). The van der Waals surface area contributed by atoms with Crippen LogP contribution in [0.2, 0.25) is 5.15 Å². The fourth-order valence-corrected chi connectivity index (χ4v) is 7.60. The molecule has 0 unspecified atom stereocenters. The maximum Gasteiger partial charge on any atom is 0.262 e. The SMILES string of the molecule is Cc1ccc(S(=O)(=O)Nc2sc3c(c2C#N)C=C(/C=C\c2c(C)nn(-c4ccccc4)c2Cl)CC3(C)C)cc1. The van der Waals surface area contributed by atoms with Gasteiger partial charge in [0.2, 0.25) is 0 Å². The number of allylic oxidation sites excluding steroid dienone is 2. The van der Waals surface area contributed by atoms with E-state index in [1.807, 2.05) is 62.4 Å². The zero-order valence-electron chi connectivity index (χ0n) is 22.0. The number of halogens is 1. The van der Waals surface area contributed by atoms with Gasteiger partial charge in [-0.15, -0.1) is 11.3 Å². The standard InChI is InChI=1S/C30H27ClN4O2S2/c1-19-10-13-23(14-11-19)39(36,37)34-29-26(18-32)25-16-21(17-30(3,4)27(25)38-29)12-15-24-20(2)33-35(28(24)31)22-8-6-5-7-9-22/h5-16,34H,17H2,1-4H3/b15-12-. The zero-order valence-corrected chi connectivity index (χ0v) is 24.4. The molecule has 1 N–H and O–H groups in total. The fraction of sp³-hybridized carbons (Fsp3) is 0.200. The summed E-state index contributed by atoms with van der Waals surface area (Å²) in [6.07, 6.45) is 6.65. The number of thiophene rings is 1. The normalized spacial score (nSPS) is 14.6. The summed E-state index contributed by atoms with van der Waals surface area (Å²) < 4.78 is 30.6. The highest BCUT2D eigenvalue weighted by Gasteiger charge is 2.34. The Kier molecular flexibility index (Phi) is 7.02. The van der Waals surface area contributed by atoms with Crippen molar-refractivity contribution in [2.45, 2.75) is 44.4 Å². The maximum atomic E-state index is 13.1. The molecule has 0 spiro atoms. The van der Waals surface area contributed by atoms with Crippen LogP contribution in [0.5, 0.6) is 0 Å². The first-order chi connectivity index (χ1) is 18.5. The summed E-state index contributed by atoms with van der Waals surface area (Å²) in [5.41, 5.74) is 5.26. The van der Waals surface area contributed by atoms with E-state index in [2.05, 4.69) is 29.7 Å². The third kappa shape index (κ3) is 5.18. The first kappa shape index (κ1) is 26.9. The van der Waals surface area contributed by atoms with Gasteiger partial charge >= 0.3 is 0 Å². The highest BCUT2D eigenvalue weighted by atomic mass is 35.5. The lowest BCUT2D eigenvalue weighted by atomic mass is 9.77. The smallest absolute Gasteiger partial charge is 0.262 e. The number of rotatable bonds is 6. The van der Waals surface area contributed by atoms with Crippen molar-refractivity contribution in [2.24, 2.45) is 0 Å². The molecular weight excluding hydrogens is 548 g/mol. The number of anilines is 1. The van der Waals surface area contributed by atoms with Crippen molar-refractivity contribution in [1.82, 2.24) is 9.78 Å². The van der Waals surface area contributed by atoms with Crippen molar-refractivity contribution < 1.29 is 8.42 Å². The first-order valence-corrected chi connectivity index (χ1v) is 15.0. The van der Waals surface area contributed by atoms with Crippen LogP contribution >= 0.6 is 22.9 Å². The minimum atomic E-state index is -3.84. The van der Waals surface area contributed by atoms with E-state index in [0.29, 0.717) is 15.7 Å². The Labute approximate surface area is 237 Å². The molecular formula is C30H27ClN4O2S2. The quantitative estimate of drug-likeness (QED) is 0.256. The molecule has 0 radical (unpaired) electrons. The minimum absolute atomic E-state index is 0.157. The second-order valence-corrected chi connectivity index (χ2v) is 13.3. The van der Waals surface area contributed by atoms with Crippen LogP contribution in [-0.2, 0) is 15.4 Å². The number of hydrogen-bond acceptors (Lipinski definition) is 5. The van der Waals surface area contributed by atoms with Gasteiger partial charge in [0.05, 0.1) is 21.8 Å².